The number of hydrogen-bond donors (Lipinski definition) is 2. The van der Waals surface area contributed by atoms with E-state index in [4.69, 9.17) is 19.9 Å². The van der Waals surface area contributed by atoms with Crippen molar-refractivity contribution in [3.63, 3.8) is 0 Å². The molecule has 2 saturated heterocycles. The first-order valence-corrected chi connectivity index (χ1v) is 10.3. The van der Waals surface area contributed by atoms with Crippen molar-refractivity contribution in [1.29, 1.82) is 0 Å². The molecule has 0 bridgehead atoms. The highest BCUT2D eigenvalue weighted by Crippen LogP contribution is 2.44. The van der Waals surface area contributed by atoms with E-state index in [9.17, 15) is 13.2 Å². The Labute approximate surface area is 152 Å². The van der Waals surface area contributed by atoms with Crippen molar-refractivity contribution in [3.05, 3.63) is 35.9 Å². The van der Waals surface area contributed by atoms with Crippen LogP contribution >= 0.6 is 0 Å². The molecule has 26 heavy (non-hydrogen) atoms. The van der Waals surface area contributed by atoms with Gasteiger partial charge in [0, 0.05) is 11.8 Å². The number of fused-ring (bicyclic) bond motifs is 1. The molecule has 4 atom stereocenters. The Morgan fingerprint density at radius 2 is 2.00 bits per heavy atom. The van der Waals surface area contributed by atoms with Crippen molar-refractivity contribution in [2.45, 2.75) is 42.8 Å². The molecule has 144 valence electrons. The summed E-state index contributed by atoms with van der Waals surface area (Å²) in [6.07, 6.45) is -0.530. The van der Waals surface area contributed by atoms with Crippen LogP contribution in [0.15, 0.2) is 30.3 Å². The molecule has 9 heteroatoms. The Morgan fingerprint density at radius 3 is 2.62 bits per heavy atom. The van der Waals surface area contributed by atoms with E-state index < -0.39 is 38.8 Å². The highest BCUT2D eigenvalue weighted by molar-refractivity contribution is 7.91. The number of nitrogens with one attached hydrogen (secondary N) is 1. The van der Waals surface area contributed by atoms with Crippen LogP contribution in [0.2, 0.25) is 0 Å². The monoisotopic (exact) mass is 384 g/mol. The predicted molar refractivity (Wildman–Crippen MR) is 94.1 cm³/mol. The maximum Gasteiger partial charge on any atom is 0.251 e. The fourth-order valence-electron chi connectivity index (χ4n) is 3.41. The van der Waals surface area contributed by atoms with Gasteiger partial charge in [-0.15, -0.1) is 0 Å². The van der Waals surface area contributed by atoms with Crippen molar-refractivity contribution in [2.24, 2.45) is 5.73 Å². The topological polar surface area (TPSA) is 117 Å². The number of sulfone groups is 1. The zero-order valence-corrected chi connectivity index (χ0v) is 15.8. The van der Waals surface area contributed by atoms with Gasteiger partial charge in [-0.25, -0.2) is 8.42 Å². The van der Waals surface area contributed by atoms with E-state index in [1.165, 1.54) is 0 Å². The van der Waals surface area contributed by atoms with Crippen LogP contribution in [0.3, 0.4) is 0 Å². The highest BCUT2D eigenvalue weighted by atomic mass is 32.2. The Hall–Kier alpha value is -1.52. The van der Waals surface area contributed by atoms with Gasteiger partial charge in [-0.2, -0.15) is 0 Å². The lowest BCUT2D eigenvalue weighted by Gasteiger charge is -2.27. The zero-order chi connectivity index (χ0) is 19.2. The Balaban J connectivity index is 1.79. The minimum atomic E-state index is -3.53. The summed E-state index contributed by atoms with van der Waals surface area (Å²) in [7, 11) is -3.53. The highest BCUT2D eigenvalue weighted by Gasteiger charge is 2.63. The van der Waals surface area contributed by atoms with Crippen LogP contribution < -0.4 is 11.1 Å². The molecule has 2 fully saturated rings. The first-order chi connectivity index (χ1) is 12.0. The SMILES string of the molecule is CC1(C)O[C@@H]2[C@H](C(N)S(C)(=O)=O)OC[C@]2(CNC(=O)c2ccccc2)O1. The van der Waals surface area contributed by atoms with E-state index in [-0.39, 0.29) is 19.1 Å². The van der Waals surface area contributed by atoms with Gasteiger partial charge in [0.15, 0.2) is 15.6 Å². The third kappa shape index (κ3) is 3.63. The Morgan fingerprint density at radius 1 is 1.35 bits per heavy atom. The van der Waals surface area contributed by atoms with Gasteiger partial charge in [0.05, 0.1) is 13.2 Å². The fourth-order valence-corrected chi connectivity index (χ4v) is 4.12. The van der Waals surface area contributed by atoms with Crippen LogP contribution in [0, 0.1) is 0 Å². The van der Waals surface area contributed by atoms with E-state index in [1.54, 1.807) is 38.1 Å². The molecular formula is C17H24N2O6S. The standard InChI is InChI=1S/C17H24N2O6S/c1-16(2)24-13-12(14(18)26(3,21)22)23-10-17(13,25-16)9-19-15(20)11-7-5-4-6-8-11/h4-8,12-14H,9-10,18H2,1-3H3,(H,19,20)/t12-,13-,14?,17+/m1/s1. The second kappa shape index (κ2) is 6.58. The molecule has 1 aromatic carbocycles. The first-order valence-electron chi connectivity index (χ1n) is 8.31. The van der Waals surface area contributed by atoms with E-state index in [2.05, 4.69) is 5.32 Å². The van der Waals surface area contributed by atoms with Gasteiger partial charge in [0.1, 0.15) is 23.2 Å². The van der Waals surface area contributed by atoms with Crippen LogP contribution in [0.5, 0.6) is 0 Å². The van der Waals surface area contributed by atoms with Crippen LogP contribution in [0.25, 0.3) is 0 Å². The summed E-state index contributed by atoms with van der Waals surface area (Å²) in [5.41, 5.74) is 5.39. The maximum absolute atomic E-state index is 12.4. The number of carbonyl (C=O) groups is 1. The molecule has 2 heterocycles. The fraction of sp³-hybridized carbons (Fsp3) is 0.588. The van der Waals surface area contributed by atoms with Crippen LogP contribution in [-0.4, -0.2) is 62.7 Å². The molecule has 2 aliphatic heterocycles. The minimum Gasteiger partial charge on any atom is -0.369 e. The second-order valence-electron chi connectivity index (χ2n) is 7.22. The Kier molecular flexibility index (Phi) is 4.87. The molecule has 0 aromatic heterocycles. The summed E-state index contributed by atoms with van der Waals surface area (Å²) in [5, 5.41) is 1.59. The molecule has 1 amide bonds. The van der Waals surface area contributed by atoms with E-state index in [0.29, 0.717) is 5.56 Å². The first kappa shape index (κ1) is 19.2. The van der Waals surface area contributed by atoms with Crippen molar-refractivity contribution >= 4 is 15.7 Å². The van der Waals surface area contributed by atoms with Crippen molar-refractivity contribution in [3.8, 4) is 0 Å². The van der Waals surface area contributed by atoms with Gasteiger partial charge in [0.2, 0.25) is 0 Å². The smallest absolute Gasteiger partial charge is 0.251 e. The molecule has 0 aliphatic carbocycles. The van der Waals surface area contributed by atoms with Gasteiger partial charge in [-0.05, 0) is 26.0 Å². The molecule has 0 radical (unpaired) electrons. The van der Waals surface area contributed by atoms with Gasteiger partial charge < -0.3 is 25.3 Å². The van der Waals surface area contributed by atoms with Gasteiger partial charge in [0.25, 0.3) is 5.91 Å². The lowest BCUT2D eigenvalue weighted by atomic mass is 9.96. The van der Waals surface area contributed by atoms with Gasteiger partial charge in [-0.3, -0.25) is 4.79 Å². The zero-order valence-electron chi connectivity index (χ0n) is 15.0. The molecule has 3 rings (SSSR count). The molecule has 1 aromatic rings. The number of benzene rings is 1. The molecular weight excluding hydrogens is 360 g/mol. The molecule has 2 aliphatic rings. The van der Waals surface area contributed by atoms with E-state index >= 15 is 0 Å². The predicted octanol–water partition coefficient (Wildman–Crippen LogP) is 0.0349. The average Bonchev–Trinajstić information content (AvgIpc) is 3.02. The van der Waals surface area contributed by atoms with Gasteiger partial charge in [-0.1, -0.05) is 18.2 Å². The summed E-state index contributed by atoms with van der Waals surface area (Å²) in [6.45, 7) is 3.65. The number of nitrogens with two attached hydrogens (primary N) is 1. The van der Waals surface area contributed by atoms with Crippen molar-refractivity contribution < 1.29 is 27.4 Å². The largest absolute Gasteiger partial charge is 0.369 e. The number of amides is 1. The van der Waals surface area contributed by atoms with Crippen LogP contribution in [0.1, 0.15) is 24.2 Å². The normalized spacial score (nSPS) is 31.4. The number of hydrogen-bond acceptors (Lipinski definition) is 7. The van der Waals surface area contributed by atoms with Crippen LogP contribution in [-0.2, 0) is 24.0 Å². The summed E-state index contributed by atoms with van der Waals surface area (Å²) in [4.78, 5) is 12.4. The average molecular weight is 384 g/mol. The maximum atomic E-state index is 12.4. The minimum absolute atomic E-state index is 0.0735. The van der Waals surface area contributed by atoms with Crippen molar-refractivity contribution in [2.75, 3.05) is 19.4 Å². The van der Waals surface area contributed by atoms with E-state index in [0.717, 1.165) is 6.26 Å². The summed E-state index contributed by atoms with van der Waals surface area (Å²) < 4.78 is 41.3. The third-order valence-corrected chi connectivity index (χ3v) is 5.86. The Bertz CT molecular complexity index is 782. The lowest BCUT2D eigenvalue weighted by Crippen LogP contribution is -2.54. The number of rotatable bonds is 5. The van der Waals surface area contributed by atoms with Crippen molar-refractivity contribution in [1.82, 2.24) is 5.32 Å². The molecule has 0 saturated carbocycles. The summed E-state index contributed by atoms with van der Waals surface area (Å²) in [6, 6.07) is 8.77. The van der Waals surface area contributed by atoms with Crippen LogP contribution in [0.4, 0.5) is 0 Å². The van der Waals surface area contributed by atoms with Gasteiger partial charge >= 0.3 is 0 Å². The second-order valence-corrected chi connectivity index (χ2v) is 9.43. The third-order valence-electron chi connectivity index (χ3n) is 4.60. The molecule has 3 N–H and O–H groups in total. The lowest BCUT2D eigenvalue weighted by molar-refractivity contribution is -0.189. The molecule has 8 nitrogen and oxygen atoms in total. The summed E-state index contributed by atoms with van der Waals surface area (Å²) >= 11 is 0. The quantitative estimate of drug-likeness (QED) is 0.736. The number of carbonyl (C=O) groups excluding carboxylic acids is 1. The molecule has 0 spiro atoms. The molecule has 1 unspecified atom stereocenters. The summed E-state index contributed by atoms with van der Waals surface area (Å²) in [5.74, 6) is -1.20. The van der Waals surface area contributed by atoms with E-state index in [1.807, 2.05) is 6.07 Å². The number of ether oxygens (including phenoxy) is 3.